The number of hydrogen-bond donors (Lipinski definition) is 0. The molecular weight excluding hydrogens is 390 g/mol. The van der Waals surface area contributed by atoms with Crippen LogP contribution < -0.4 is 4.74 Å². The highest BCUT2D eigenvalue weighted by molar-refractivity contribution is 7.98. The summed E-state index contributed by atoms with van der Waals surface area (Å²) in [6, 6.07) is 16.2. The first-order valence-corrected chi connectivity index (χ1v) is 10.8. The molecule has 2 aromatic heterocycles. The standard InChI is InChI=1S/C20H19N5OS2/c1-3-26-18-10-6-15(7-11-18)19-21-16(12-27-19)13-28-20-22-23-24-25(20)17-8-4-14(2)5-9-17/h4-12H,3,13H2,1-2H3. The summed E-state index contributed by atoms with van der Waals surface area (Å²) in [5.41, 5.74) is 4.26. The number of benzene rings is 2. The van der Waals surface area contributed by atoms with Gasteiger partial charge in [0.2, 0.25) is 5.16 Å². The zero-order valence-electron chi connectivity index (χ0n) is 15.6. The lowest BCUT2D eigenvalue weighted by atomic mass is 10.2. The first kappa shape index (κ1) is 18.6. The number of aryl methyl sites for hydroxylation is 1. The van der Waals surface area contributed by atoms with E-state index in [4.69, 9.17) is 9.72 Å². The molecule has 28 heavy (non-hydrogen) atoms. The van der Waals surface area contributed by atoms with Crippen molar-refractivity contribution in [2.45, 2.75) is 24.8 Å². The minimum absolute atomic E-state index is 0.667. The molecule has 2 heterocycles. The highest BCUT2D eigenvalue weighted by atomic mass is 32.2. The number of rotatable bonds is 7. The van der Waals surface area contributed by atoms with E-state index >= 15 is 0 Å². The highest BCUT2D eigenvalue weighted by Crippen LogP contribution is 2.29. The summed E-state index contributed by atoms with van der Waals surface area (Å²) in [5.74, 6) is 1.58. The Kier molecular flexibility index (Phi) is 5.68. The molecule has 0 radical (unpaired) electrons. The first-order chi connectivity index (χ1) is 13.7. The van der Waals surface area contributed by atoms with E-state index in [-0.39, 0.29) is 0 Å². The van der Waals surface area contributed by atoms with Gasteiger partial charge in [0.15, 0.2) is 0 Å². The van der Waals surface area contributed by atoms with E-state index < -0.39 is 0 Å². The second-order valence-electron chi connectivity index (χ2n) is 6.10. The molecule has 142 valence electrons. The van der Waals surface area contributed by atoms with E-state index in [1.165, 1.54) is 5.56 Å². The molecule has 0 spiro atoms. The van der Waals surface area contributed by atoms with Gasteiger partial charge in [-0.3, -0.25) is 0 Å². The van der Waals surface area contributed by atoms with Crippen LogP contribution in [0.5, 0.6) is 5.75 Å². The van der Waals surface area contributed by atoms with Gasteiger partial charge in [0.25, 0.3) is 0 Å². The van der Waals surface area contributed by atoms with Crippen LogP contribution in [0.1, 0.15) is 18.2 Å². The van der Waals surface area contributed by atoms with Crippen molar-refractivity contribution in [1.29, 1.82) is 0 Å². The smallest absolute Gasteiger partial charge is 0.214 e. The Balaban J connectivity index is 1.44. The van der Waals surface area contributed by atoms with Gasteiger partial charge in [-0.05, 0) is 60.7 Å². The van der Waals surface area contributed by atoms with Gasteiger partial charge in [0.05, 0.1) is 18.0 Å². The minimum atomic E-state index is 0.667. The maximum Gasteiger partial charge on any atom is 0.214 e. The molecule has 6 nitrogen and oxygen atoms in total. The van der Waals surface area contributed by atoms with Crippen LogP contribution in [-0.2, 0) is 5.75 Å². The summed E-state index contributed by atoms with van der Waals surface area (Å²) in [7, 11) is 0. The number of thioether (sulfide) groups is 1. The predicted molar refractivity (Wildman–Crippen MR) is 112 cm³/mol. The Morgan fingerprint density at radius 1 is 1.07 bits per heavy atom. The lowest BCUT2D eigenvalue weighted by molar-refractivity contribution is 0.340. The molecular formula is C20H19N5OS2. The third kappa shape index (κ3) is 4.23. The van der Waals surface area contributed by atoms with Crippen molar-refractivity contribution in [1.82, 2.24) is 25.2 Å². The average Bonchev–Trinajstić information content (AvgIpc) is 3.37. The summed E-state index contributed by atoms with van der Waals surface area (Å²) in [6.07, 6.45) is 0. The molecule has 0 aliphatic carbocycles. The third-order valence-corrected chi connectivity index (χ3v) is 5.93. The fourth-order valence-electron chi connectivity index (χ4n) is 2.62. The van der Waals surface area contributed by atoms with Gasteiger partial charge in [0, 0.05) is 16.7 Å². The molecule has 4 rings (SSSR count). The van der Waals surface area contributed by atoms with E-state index in [9.17, 15) is 0 Å². The zero-order valence-corrected chi connectivity index (χ0v) is 17.2. The van der Waals surface area contributed by atoms with Gasteiger partial charge < -0.3 is 4.74 Å². The van der Waals surface area contributed by atoms with Gasteiger partial charge in [0.1, 0.15) is 10.8 Å². The Labute approximate surface area is 171 Å². The van der Waals surface area contributed by atoms with E-state index in [1.807, 2.05) is 43.3 Å². The summed E-state index contributed by atoms with van der Waals surface area (Å²) >= 11 is 3.21. The second-order valence-corrected chi connectivity index (χ2v) is 7.90. The van der Waals surface area contributed by atoms with E-state index in [1.54, 1.807) is 27.8 Å². The van der Waals surface area contributed by atoms with Crippen LogP contribution in [0, 0.1) is 6.92 Å². The quantitative estimate of drug-likeness (QED) is 0.409. The maximum absolute atomic E-state index is 5.49. The number of hydrogen-bond acceptors (Lipinski definition) is 7. The van der Waals surface area contributed by atoms with Gasteiger partial charge >= 0.3 is 0 Å². The van der Waals surface area contributed by atoms with Crippen molar-refractivity contribution in [2.24, 2.45) is 0 Å². The number of thiazole rings is 1. The zero-order chi connectivity index (χ0) is 19.3. The second kappa shape index (κ2) is 8.53. The molecule has 0 N–H and O–H groups in total. The number of tetrazole rings is 1. The molecule has 8 heteroatoms. The number of nitrogens with zero attached hydrogens (tertiary/aromatic N) is 5. The Hall–Kier alpha value is -2.71. The van der Waals surface area contributed by atoms with Gasteiger partial charge in [-0.2, -0.15) is 4.68 Å². The fraction of sp³-hybridized carbons (Fsp3) is 0.200. The van der Waals surface area contributed by atoms with Crippen molar-refractivity contribution < 1.29 is 4.74 Å². The molecule has 4 aromatic rings. The molecule has 0 fully saturated rings. The van der Waals surface area contributed by atoms with Crippen LogP contribution >= 0.6 is 23.1 Å². The normalized spacial score (nSPS) is 10.9. The SMILES string of the molecule is CCOc1ccc(-c2nc(CSc3nnnn3-c3ccc(C)cc3)cs2)cc1. The molecule has 0 aliphatic heterocycles. The van der Waals surface area contributed by atoms with Crippen LogP contribution in [0.2, 0.25) is 0 Å². The summed E-state index contributed by atoms with van der Waals surface area (Å²) < 4.78 is 7.25. The Morgan fingerprint density at radius 2 is 1.86 bits per heavy atom. The van der Waals surface area contributed by atoms with Crippen LogP contribution in [0.3, 0.4) is 0 Å². The highest BCUT2D eigenvalue weighted by Gasteiger charge is 2.11. The van der Waals surface area contributed by atoms with Crippen molar-refractivity contribution in [3.8, 4) is 22.0 Å². The van der Waals surface area contributed by atoms with Crippen molar-refractivity contribution in [3.63, 3.8) is 0 Å². The summed E-state index contributed by atoms with van der Waals surface area (Å²) in [5, 5.41) is 15.9. The van der Waals surface area contributed by atoms with Crippen molar-refractivity contribution in [2.75, 3.05) is 6.61 Å². The average molecular weight is 410 g/mol. The molecule has 0 amide bonds. The van der Waals surface area contributed by atoms with Gasteiger partial charge in [-0.25, -0.2) is 4.98 Å². The van der Waals surface area contributed by atoms with Crippen LogP contribution in [0.4, 0.5) is 0 Å². The topological polar surface area (TPSA) is 65.7 Å². The maximum atomic E-state index is 5.49. The van der Waals surface area contributed by atoms with E-state index in [0.717, 1.165) is 32.9 Å². The lowest BCUT2D eigenvalue weighted by Crippen LogP contribution is -1.99. The van der Waals surface area contributed by atoms with E-state index in [2.05, 4.69) is 40.0 Å². The largest absolute Gasteiger partial charge is 0.494 e. The molecule has 2 aromatic carbocycles. The van der Waals surface area contributed by atoms with Crippen molar-refractivity contribution in [3.05, 3.63) is 65.2 Å². The summed E-state index contributed by atoms with van der Waals surface area (Å²) in [6.45, 7) is 4.71. The molecule has 0 atom stereocenters. The minimum Gasteiger partial charge on any atom is -0.494 e. The third-order valence-electron chi connectivity index (χ3n) is 4.03. The molecule has 0 saturated heterocycles. The first-order valence-electron chi connectivity index (χ1n) is 8.89. The van der Waals surface area contributed by atoms with Crippen LogP contribution in [0.25, 0.3) is 16.3 Å². The molecule has 0 saturated carbocycles. The monoisotopic (exact) mass is 409 g/mol. The number of aromatic nitrogens is 5. The Morgan fingerprint density at radius 3 is 2.61 bits per heavy atom. The summed E-state index contributed by atoms with van der Waals surface area (Å²) in [4.78, 5) is 4.75. The molecule has 0 unspecified atom stereocenters. The fourth-order valence-corrected chi connectivity index (χ4v) is 4.34. The van der Waals surface area contributed by atoms with Crippen LogP contribution in [0.15, 0.2) is 59.1 Å². The lowest BCUT2D eigenvalue weighted by Gasteiger charge is -2.04. The molecule has 0 bridgehead atoms. The predicted octanol–water partition coefficient (Wildman–Crippen LogP) is 4.79. The van der Waals surface area contributed by atoms with Crippen LogP contribution in [-0.4, -0.2) is 31.8 Å². The Bertz CT molecular complexity index is 1040. The van der Waals surface area contributed by atoms with Gasteiger partial charge in [-0.15, -0.1) is 16.4 Å². The van der Waals surface area contributed by atoms with E-state index in [0.29, 0.717) is 12.4 Å². The number of ether oxygens (including phenoxy) is 1. The van der Waals surface area contributed by atoms with Crippen molar-refractivity contribution >= 4 is 23.1 Å². The molecule has 0 aliphatic rings. The van der Waals surface area contributed by atoms with Gasteiger partial charge in [-0.1, -0.05) is 29.5 Å².